The van der Waals surface area contributed by atoms with Gasteiger partial charge >= 0.3 is 5.97 Å². The first-order valence-electron chi connectivity index (χ1n) is 10.8. The van der Waals surface area contributed by atoms with Crippen LogP contribution < -0.4 is 15.4 Å². The highest BCUT2D eigenvalue weighted by Crippen LogP contribution is 2.55. The van der Waals surface area contributed by atoms with E-state index in [0.29, 0.717) is 11.3 Å². The number of benzene rings is 1. The third kappa shape index (κ3) is 4.45. The van der Waals surface area contributed by atoms with Gasteiger partial charge in [0.2, 0.25) is 0 Å². The number of carbonyl (C=O) groups is 3. The molecule has 30 heavy (non-hydrogen) atoms. The molecular formula is C23H30N2O5. The first-order chi connectivity index (χ1) is 14.4. The molecule has 4 saturated carbocycles. The van der Waals surface area contributed by atoms with Crippen molar-refractivity contribution in [2.45, 2.75) is 57.1 Å². The van der Waals surface area contributed by atoms with Gasteiger partial charge in [-0.1, -0.05) is 6.07 Å². The maximum atomic E-state index is 12.7. The van der Waals surface area contributed by atoms with Crippen molar-refractivity contribution in [1.29, 1.82) is 0 Å². The Hall–Kier alpha value is -2.57. The molecule has 7 nitrogen and oxygen atoms in total. The highest BCUT2D eigenvalue weighted by Gasteiger charge is 2.51. The summed E-state index contributed by atoms with van der Waals surface area (Å²) in [7, 11) is 1.52. The average molecular weight is 415 g/mol. The lowest BCUT2D eigenvalue weighted by Gasteiger charge is -2.57. The standard InChI is InChI=1S/C23H30N2O5/c1-14(21(27)25-23-10-15-6-16(11-23)8-17(7-15)12-23)30-20(26)13-24-22(28)18-4-3-5-19(9-18)29-2/h3-5,9,14-17H,6-8,10-13H2,1-2H3,(H,24,28)(H,25,27)/t14-,15?,16?,17?,23?/m0/s1. The number of rotatable bonds is 7. The molecular weight excluding hydrogens is 384 g/mol. The van der Waals surface area contributed by atoms with Gasteiger partial charge in [-0.3, -0.25) is 14.4 Å². The van der Waals surface area contributed by atoms with Crippen LogP contribution in [0.15, 0.2) is 24.3 Å². The molecule has 162 valence electrons. The van der Waals surface area contributed by atoms with Gasteiger partial charge in [-0.2, -0.15) is 0 Å². The molecule has 1 aromatic rings. The van der Waals surface area contributed by atoms with E-state index in [9.17, 15) is 14.4 Å². The van der Waals surface area contributed by atoms with Crippen LogP contribution in [0.4, 0.5) is 0 Å². The Morgan fingerprint density at radius 3 is 2.33 bits per heavy atom. The minimum atomic E-state index is -0.890. The molecule has 0 unspecified atom stereocenters. The minimum Gasteiger partial charge on any atom is -0.497 e. The van der Waals surface area contributed by atoms with Crippen LogP contribution >= 0.6 is 0 Å². The second-order valence-electron chi connectivity index (χ2n) is 9.23. The summed E-state index contributed by atoms with van der Waals surface area (Å²) in [6.07, 6.45) is 6.14. The van der Waals surface area contributed by atoms with Gasteiger partial charge in [0.15, 0.2) is 6.10 Å². The Morgan fingerprint density at radius 1 is 1.10 bits per heavy atom. The van der Waals surface area contributed by atoms with E-state index in [-0.39, 0.29) is 18.0 Å². The van der Waals surface area contributed by atoms with Gasteiger partial charge in [0, 0.05) is 11.1 Å². The van der Waals surface area contributed by atoms with E-state index in [1.807, 2.05) is 0 Å². The fourth-order valence-electron chi connectivity index (χ4n) is 5.94. The molecule has 0 radical (unpaired) electrons. The second kappa shape index (κ2) is 8.28. The van der Waals surface area contributed by atoms with E-state index in [1.165, 1.54) is 26.4 Å². The minimum absolute atomic E-state index is 0.118. The summed E-state index contributed by atoms with van der Waals surface area (Å²) in [5.74, 6) is 1.43. The van der Waals surface area contributed by atoms with Gasteiger partial charge < -0.3 is 20.1 Å². The first kappa shape index (κ1) is 20.7. The summed E-state index contributed by atoms with van der Waals surface area (Å²) < 4.78 is 10.4. The fraction of sp³-hybridized carbons (Fsp3) is 0.609. The highest BCUT2D eigenvalue weighted by atomic mass is 16.5. The van der Waals surface area contributed by atoms with Crippen molar-refractivity contribution in [1.82, 2.24) is 10.6 Å². The van der Waals surface area contributed by atoms with E-state index in [4.69, 9.17) is 9.47 Å². The monoisotopic (exact) mass is 414 g/mol. The quantitative estimate of drug-likeness (QED) is 0.669. The Bertz CT molecular complexity index is 801. The van der Waals surface area contributed by atoms with Crippen LogP contribution in [0.2, 0.25) is 0 Å². The molecule has 4 aliphatic rings. The van der Waals surface area contributed by atoms with E-state index in [1.54, 1.807) is 31.2 Å². The van der Waals surface area contributed by atoms with Crippen molar-refractivity contribution in [3.63, 3.8) is 0 Å². The summed E-state index contributed by atoms with van der Waals surface area (Å²) in [5.41, 5.74) is 0.266. The number of ether oxygens (including phenoxy) is 2. The summed E-state index contributed by atoms with van der Waals surface area (Å²) >= 11 is 0. The predicted octanol–water partition coefficient (Wildman–Crippen LogP) is 2.44. The molecule has 0 spiro atoms. The predicted molar refractivity (Wildman–Crippen MR) is 110 cm³/mol. The van der Waals surface area contributed by atoms with Crippen molar-refractivity contribution >= 4 is 17.8 Å². The van der Waals surface area contributed by atoms with Crippen LogP contribution in [0.25, 0.3) is 0 Å². The third-order valence-electron chi connectivity index (χ3n) is 6.83. The lowest BCUT2D eigenvalue weighted by Crippen LogP contribution is -2.61. The number of nitrogens with one attached hydrogen (secondary N) is 2. The van der Waals surface area contributed by atoms with E-state index < -0.39 is 18.0 Å². The van der Waals surface area contributed by atoms with Crippen molar-refractivity contribution in [3.05, 3.63) is 29.8 Å². The normalized spacial score (nSPS) is 29.7. The molecule has 4 bridgehead atoms. The molecule has 0 heterocycles. The molecule has 4 aliphatic carbocycles. The molecule has 1 atom stereocenters. The first-order valence-corrected chi connectivity index (χ1v) is 10.8. The van der Waals surface area contributed by atoms with Crippen molar-refractivity contribution in [3.8, 4) is 5.75 Å². The summed E-state index contributed by atoms with van der Waals surface area (Å²) in [6.45, 7) is 1.28. The van der Waals surface area contributed by atoms with Crippen molar-refractivity contribution < 1.29 is 23.9 Å². The molecule has 1 aromatic carbocycles. The Kier molecular flexibility index (Phi) is 5.71. The second-order valence-corrected chi connectivity index (χ2v) is 9.23. The molecule has 0 aromatic heterocycles. The molecule has 4 fully saturated rings. The van der Waals surface area contributed by atoms with Crippen molar-refractivity contribution in [2.24, 2.45) is 17.8 Å². The van der Waals surface area contributed by atoms with Crippen LogP contribution in [-0.2, 0) is 14.3 Å². The Morgan fingerprint density at radius 2 is 1.73 bits per heavy atom. The largest absolute Gasteiger partial charge is 0.497 e. The van der Waals surface area contributed by atoms with E-state index in [0.717, 1.165) is 37.0 Å². The number of carbonyl (C=O) groups excluding carboxylic acids is 3. The van der Waals surface area contributed by atoms with E-state index in [2.05, 4.69) is 10.6 Å². The Labute approximate surface area is 176 Å². The van der Waals surface area contributed by atoms with Gasteiger partial charge in [0.25, 0.3) is 11.8 Å². The molecule has 5 rings (SSSR count). The number of hydrogen-bond donors (Lipinski definition) is 2. The fourth-order valence-corrected chi connectivity index (χ4v) is 5.94. The zero-order valence-electron chi connectivity index (χ0n) is 17.6. The molecule has 2 amide bonds. The summed E-state index contributed by atoms with van der Waals surface area (Å²) in [5, 5.41) is 5.74. The SMILES string of the molecule is COc1cccc(C(=O)NCC(=O)O[C@@H](C)C(=O)NC23CC4CC(CC(C4)C2)C3)c1. The molecule has 0 saturated heterocycles. The van der Waals surface area contributed by atoms with Crippen LogP contribution in [0, 0.1) is 17.8 Å². The van der Waals surface area contributed by atoms with Gasteiger partial charge in [-0.05, 0) is 81.4 Å². The zero-order chi connectivity index (χ0) is 21.3. The number of hydrogen-bond acceptors (Lipinski definition) is 5. The molecule has 0 aliphatic heterocycles. The lowest BCUT2D eigenvalue weighted by atomic mass is 9.53. The van der Waals surface area contributed by atoms with Gasteiger partial charge in [-0.15, -0.1) is 0 Å². The summed E-state index contributed by atoms with van der Waals surface area (Å²) in [4.78, 5) is 37.0. The van der Waals surface area contributed by atoms with Crippen LogP contribution in [0.1, 0.15) is 55.8 Å². The number of amides is 2. The van der Waals surface area contributed by atoms with Crippen LogP contribution in [0.5, 0.6) is 5.75 Å². The number of methoxy groups -OCH3 is 1. The number of esters is 1. The zero-order valence-corrected chi connectivity index (χ0v) is 17.6. The van der Waals surface area contributed by atoms with Gasteiger partial charge in [0.1, 0.15) is 12.3 Å². The smallest absolute Gasteiger partial charge is 0.326 e. The van der Waals surface area contributed by atoms with Gasteiger partial charge in [-0.25, -0.2) is 0 Å². The van der Waals surface area contributed by atoms with E-state index >= 15 is 0 Å². The maximum Gasteiger partial charge on any atom is 0.326 e. The average Bonchev–Trinajstić information content (AvgIpc) is 2.70. The maximum absolute atomic E-state index is 12.7. The third-order valence-corrected chi connectivity index (χ3v) is 6.83. The van der Waals surface area contributed by atoms with Crippen LogP contribution in [0.3, 0.4) is 0 Å². The lowest BCUT2D eigenvalue weighted by molar-refractivity contribution is -0.155. The van der Waals surface area contributed by atoms with Gasteiger partial charge in [0.05, 0.1) is 7.11 Å². The highest BCUT2D eigenvalue weighted by molar-refractivity contribution is 5.96. The molecule has 7 heteroatoms. The Balaban J connectivity index is 1.25. The summed E-state index contributed by atoms with van der Waals surface area (Å²) in [6, 6.07) is 6.64. The van der Waals surface area contributed by atoms with Crippen molar-refractivity contribution in [2.75, 3.05) is 13.7 Å². The van der Waals surface area contributed by atoms with Crippen LogP contribution in [-0.4, -0.2) is 43.1 Å². The topological polar surface area (TPSA) is 93.7 Å². The molecule has 2 N–H and O–H groups in total.